The second-order valence-corrected chi connectivity index (χ2v) is 4.35. The average molecular weight is 220 g/mol. The van der Waals surface area contributed by atoms with Gasteiger partial charge >= 0.3 is 0 Å². The normalized spacial score (nSPS) is 16.0. The van der Waals surface area contributed by atoms with E-state index in [4.69, 9.17) is 5.73 Å². The number of nitrogens with zero attached hydrogens (tertiary/aromatic N) is 1. The molecule has 86 valence electrons. The van der Waals surface area contributed by atoms with E-state index in [-0.39, 0.29) is 5.69 Å². The number of hydrogen-bond acceptors (Lipinski definition) is 3. The number of benzene rings is 1. The second-order valence-electron chi connectivity index (χ2n) is 4.35. The molecule has 16 heavy (non-hydrogen) atoms. The number of rotatable bonds is 1. The highest BCUT2D eigenvalue weighted by atomic mass is 16.6. The summed E-state index contributed by atoms with van der Waals surface area (Å²) >= 11 is 0. The highest BCUT2D eigenvalue weighted by molar-refractivity contribution is 5.61. The number of aryl methyl sites for hydroxylation is 2. The first-order chi connectivity index (χ1) is 7.68. The van der Waals surface area contributed by atoms with Crippen LogP contribution in [0.25, 0.3) is 0 Å². The van der Waals surface area contributed by atoms with Crippen molar-refractivity contribution in [3.8, 4) is 0 Å². The van der Waals surface area contributed by atoms with Gasteiger partial charge in [-0.25, -0.2) is 0 Å². The van der Waals surface area contributed by atoms with E-state index in [1.807, 2.05) is 0 Å². The fourth-order valence-electron chi connectivity index (χ4n) is 2.30. The molecule has 1 aliphatic carbocycles. The first kappa shape index (κ1) is 10.9. The largest absolute Gasteiger partial charge is 0.393 e. The Morgan fingerprint density at radius 2 is 1.62 bits per heavy atom. The van der Waals surface area contributed by atoms with Crippen molar-refractivity contribution in [2.45, 2.75) is 38.5 Å². The molecule has 1 aromatic carbocycles. The number of hydrogen-bond donors (Lipinski definition) is 1. The van der Waals surface area contributed by atoms with Gasteiger partial charge in [-0.1, -0.05) is 12.8 Å². The van der Waals surface area contributed by atoms with Gasteiger partial charge in [-0.15, -0.1) is 0 Å². The Bertz CT molecular complexity index is 416. The predicted molar refractivity (Wildman–Crippen MR) is 63.4 cm³/mol. The van der Waals surface area contributed by atoms with Gasteiger partial charge in [0, 0.05) is 6.07 Å². The standard InChI is InChI=1S/C12H16N2O2/c13-11-7-9-5-3-1-2-4-6-10(9)8-12(11)14(15)16/h7-8H,1-6,13H2. The van der Waals surface area contributed by atoms with Crippen molar-refractivity contribution in [2.24, 2.45) is 0 Å². The molecule has 1 aliphatic rings. The summed E-state index contributed by atoms with van der Waals surface area (Å²) in [4.78, 5) is 10.4. The Kier molecular flexibility index (Phi) is 3.08. The highest BCUT2D eigenvalue weighted by Crippen LogP contribution is 2.29. The van der Waals surface area contributed by atoms with Crippen LogP contribution in [0.3, 0.4) is 0 Å². The minimum Gasteiger partial charge on any atom is -0.393 e. The lowest BCUT2D eigenvalue weighted by Gasteiger charge is -2.14. The van der Waals surface area contributed by atoms with Gasteiger partial charge in [0.05, 0.1) is 4.92 Å². The zero-order valence-electron chi connectivity index (χ0n) is 9.24. The quantitative estimate of drug-likeness (QED) is 0.449. The van der Waals surface area contributed by atoms with Crippen LogP contribution >= 0.6 is 0 Å². The number of fused-ring (bicyclic) bond motifs is 1. The monoisotopic (exact) mass is 220 g/mol. The number of nitro benzene ring substituents is 1. The lowest BCUT2D eigenvalue weighted by atomic mass is 9.92. The van der Waals surface area contributed by atoms with E-state index in [0.29, 0.717) is 5.69 Å². The van der Waals surface area contributed by atoms with Gasteiger partial charge in [0.15, 0.2) is 0 Å². The second kappa shape index (κ2) is 4.51. The Morgan fingerprint density at radius 1 is 1.06 bits per heavy atom. The van der Waals surface area contributed by atoms with Gasteiger partial charge in [0.25, 0.3) is 5.69 Å². The summed E-state index contributed by atoms with van der Waals surface area (Å²) in [6.45, 7) is 0. The van der Waals surface area contributed by atoms with E-state index in [0.717, 1.165) is 31.2 Å². The summed E-state index contributed by atoms with van der Waals surface area (Å²) in [5, 5.41) is 10.8. The molecule has 0 saturated heterocycles. The smallest absolute Gasteiger partial charge is 0.292 e. The van der Waals surface area contributed by atoms with Crippen molar-refractivity contribution in [3.63, 3.8) is 0 Å². The average Bonchev–Trinajstić information content (AvgIpc) is 2.20. The van der Waals surface area contributed by atoms with Gasteiger partial charge in [0.1, 0.15) is 5.69 Å². The van der Waals surface area contributed by atoms with Gasteiger partial charge < -0.3 is 5.73 Å². The number of anilines is 1. The topological polar surface area (TPSA) is 69.2 Å². The molecule has 0 spiro atoms. The third kappa shape index (κ3) is 2.15. The van der Waals surface area contributed by atoms with E-state index in [2.05, 4.69) is 0 Å². The maximum Gasteiger partial charge on any atom is 0.292 e. The van der Waals surface area contributed by atoms with Gasteiger partial charge in [0.2, 0.25) is 0 Å². The van der Waals surface area contributed by atoms with Crippen LogP contribution in [0.15, 0.2) is 12.1 Å². The SMILES string of the molecule is Nc1cc2c(cc1[N+](=O)[O-])CCCCCC2. The lowest BCUT2D eigenvalue weighted by molar-refractivity contribution is -0.384. The van der Waals surface area contributed by atoms with E-state index >= 15 is 0 Å². The first-order valence-corrected chi connectivity index (χ1v) is 5.74. The molecular formula is C12H16N2O2. The van der Waals surface area contributed by atoms with E-state index in [1.54, 1.807) is 12.1 Å². The number of nitro groups is 1. The molecule has 0 amide bonds. The van der Waals surface area contributed by atoms with Crippen LogP contribution in [0.5, 0.6) is 0 Å². The Balaban J connectivity index is 2.41. The van der Waals surface area contributed by atoms with Crippen molar-refractivity contribution < 1.29 is 4.92 Å². The maximum absolute atomic E-state index is 10.8. The third-order valence-electron chi connectivity index (χ3n) is 3.19. The zero-order chi connectivity index (χ0) is 11.5. The van der Waals surface area contributed by atoms with Crippen molar-refractivity contribution in [3.05, 3.63) is 33.4 Å². The van der Waals surface area contributed by atoms with E-state index in [1.165, 1.54) is 18.4 Å². The lowest BCUT2D eigenvalue weighted by Crippen LogP contribution is -2.04. The molecule has 0 aromatic heterocycles. The van der Waals surface area contributed by atoms with Crippen LogP contribution in [0.4, 0.5) is 11.4 Å². The van der Waals surface area contributed by atoms with Gasteiger partial charge in [-0.2, -0.15) is 0 Å². The van der Waals surface area contributed by atoms with Crippen LogP contribution < -0.4 is 5.73 Å². The maximum atomic E-state index is 10.8. The predicted octanol–water partition coefficient (Wildman–Crippen LogP) is 2.84. The molecule has 2 N–H and O–H groups in total. The summed E-state index contributed by atoms with van der Waals surface area (Å²) in [6, 6.07) is 3.45. The van der Waals surface area contributed by atoms with Gasteiger partial charge in [-0.05, 0) is 42.9 Å². The van der Waals surface area contributed by atoms with Crippen molar-refractivity contribution in [1.29, 1.82) is 0 Å². The minimum absolute atomic E-state index is 0.0549. The Morgan fingerprint density at radius 3 is 2.19 bits per heavy atom. The molecule has 0 bridgehead atoms. The van der Waals surface area contributed by atoms with E-state index < -0.39 is 4.92 Å². The molecule has 0 unspecified atom stereocenters. The van der Waals surface area contributed by atoms with Crippen molar-refractivity contribution >= 4 is 11.4 Å². The first-order valence-electron chi connectivity index (χ1n) is 5.74. The van der Waals surface area contributed by atoms with E-state index in [9.17, 15) is 10.1 Å². The molecule has 1 aromatic rings. The molecule has 0 aliphatic heterocycles. The summed E-state index contributed by atoms with van der Waals surface area (Å²) in [7, 11) is 0. The van der Waals surface area contributed by atoms with Crippen LogP contribution in [0.2, 0.25) is 0 Å². The van der Waals surface area contributed by atoms with Crippen LogP contribution in [-0.2, 0) is 12.8 Å². The summed E-state index contributed by atoms with van der Waals surface area (Å²) < 4.78 is 0. The Labute approximate surface area is 94.6 Å². The number of nitrogens with two attached hydrogens (primary N) is 1. The van der Waals surface area contributed by atoms with Crippen LogP contribution in [0.1, 0.15) is 36.8 Å². The van der Waals surface area contributed by atoms with Crippen LogP contribution in [0, 0.1) is 10.1 Å². The fraction of sp³-hybridized carbons (Fsp3) is 0.500. The molecule has 0 radical (unpaired) electrons. The summed E-state index contributed by atoms with van der Waals surface area (Å²) in [6.07, 6.45) is 6.68. The molecule has 0 fully saturated rings. The molecule has 4 heteroatoms. The van der Waals surface area contributed by atoms with Crippen LogP contribution in [-0.4, -0.2) is 4.92 Å². The fourth-order valence-corrected chi connectivity index (χ4v) is 2.30. The van der Waals surface area contributed by atoms with Crippen molar-refractivity contribution in [1.82, 2.24) is 0 Å². The number of nitrogen functional groups attached to an aromatic ring is 1. The molecule has 2 rings (SSSR count). The Hall–Kier alpha value is -1.58. The summed E-state index contributed by atoms with van der Waals surface area (Å²) in [5.41, 5.74) is 8.35. The minimum atomic E-state index is -0.394. The molecular weight excluding hydrogens is 204 g/mol. The highest BCUT2D eigenvalue weighted by Gasteiger charge is 2.16. The third-order valence-corrected chi connectivity index (χ3v) is 3.19. The van der Waals surface area contributed by atoms with Crippen molar-refractivity contribution in [2.75, 3.05) is 5.73 Å². The molecule has 0 saturated carbocycles. The zero-order valence-corrected chi connectivity index (χ0v) is 9.24. The molecule has 4 nitrogen and oxygen atoms in total. The summed E-state index contributed by atoms with van der Waals surface area (Å²) in [5.74, 6) is 0. The molecule has 0 heterocycles. The van der Waals surface area contributed by atoms with Gasteiger partial charge in [-0.3, -0.25) is 10.1 Å². The molecule has 0 atom stereocenters.